The van der Waals surface area contributed by atoms with Crippen LogP contribution >= 0.6 is 0 Å². The van der Waals surface area contributed by atoms with Crippen LogP contribution in [0.3, 0.4) is 0 Å². The standard InChI is InChI=1S/C20H31NO/c1-14-10-16-5-6-19(22)12-17(16)11-15(14)7-9-20(2)8-3-4-18(20)13-21/h4,14-17,19,22H,3,5-12H2,1-2H3/t14-,15-,16+,17?,19+,20-/m0/s1. The maximum Gasteiger partial charge on any atom is 0.0949 e. The lowest BCUT2D eigenvalue weighted by Gasteiger charge is -2.45. The minimum atomic E-state index is -0.0456. The number of rotatable bonds is 3. The van der Waals surface area contributed by atoms with Crippen LogP contribution in [0.25, 0.3) is 0 Å². The van der Waals surface area contributed by atoms with Gasteiger partial charge >= 0.3 is 0 Å². The van der Waals surface area contributed by atoms with Gasteiger partial charge in [-0.1, -0.05) is 19.9 Å². The summed E-state index contributed by atoms with van der Waals surface area (Å²) in [6.45, 7) is 4.72. The molecule has 3 aliphatic carbocycles. The first-order valence-corrected chi connectivity index (χ1v) is 9.30. The second-order valence-electron chi connectivity index (χ2n) is 8.56. The topological polar surface area (TPSA) is 44.0 Å². The number of fused-ring (bicyclic) bond motifs is 1. The molecule has 6 atom stereocenters. The second kappa shape index (κ2) is 6.36. The largest absolute Gasteiger partial charge is 0.393 e. The predicted molar refractivity (Wildman–Crippen MR) is 89.0 cm³/mol. The number of allylic oxidation sites excluding steroid dienone is 2. The first-order chi connectivity index (χ1) is 10.5. The van der Waals surface area contributed by atoms with Gasteiger partial charge in [-0.2, -0.15) is 5.26 Å². The van der Waals surface area contributed by atoms with Crippen LogP contribution in [-0.4, -0.2) is 11.2 Å². The lowest BCUT2D eigenvalue weighted by atomic mass is 9.61. The Hall–Kier alpha value is -0.810. The normalized spacial score (nSPS) is 45.0. The van der Waals surface area contributed by atoms with Gasteiger partial charge in [0.1, 0.15) is 0 Å². The molecule has 0 bridgehead atoms. The Morgan fingerprint density at radius 2 is 2.09 bits per heavy atom. The summed E-state index contributed by atoms with van der Waals surface area (Å²) in [4.78, 5) is 0. The van der Waals surface area contributed by atoms with Crippen LogP contribution in [0.2, 0.25) is 0 Å². The second-order valence-corrected chi connectivity index (χ2v) is 8.56. The molecule has 0 aromatic rings. The summed E-state index contributed by atoms with van der Waals surface area (Å²) in [5.41, 5.74) is 1.17. The van der Waals surface area contributed by atoms with E-state index in [-0.39, 0.29) is 11.5 Å². The molecule has 22 heavy (non-hydrogen) atoms. The Kier molecular flexibility index (Phi) is 4.64. The van der Waals surface area contributed by atoms with Crippen molar-refractivity contribution in [2.75, 3.05) is 0 Å². The van der Waals surface area contributed by atoms with Gasteiger partial charge in [0.25, 0.3) is 0 Å². The van der Waals surface area contributed by atoms with Crippen LogP contribution in [0.1, 0.15) is 71.6 Å². The molecule has 1 unspecified atom stereocenters. The van der Waals surface area contributed by atoms with Gasteiger partial charge in [0.2, 0.25) is 0 Å². The summed E-state index contributed by atoms with van der Waals surface area (Å²) in [6, 6.07) is 2.43. The zero-order valence-electron chi connectivity index (χ0n) is 14.2. The third-order valence-electron chi connectivity index (χ3n) is 7.08. The number of aliphatic hydroxyl groups excluding tert-OH is 1. The van der Waals surface area contributed by atoms with Crippen molar-refractivity contribution in [3.63, 3.8) is 0 Å². The van der Waals surface area contributed by atoms with E-state index >= 15 is 0 Å². The molecule has 2 heteroatoms. The molecule has 0 heterocycles. The van der Waals surface area contributed by atoms with Gasteiger partial charge < -0.3 is 5.11 Å². The number of hydrogen-bond acceptors (Lipinski definition) is 2. The van der Waals surface area contributed by atoms with Gasteiger partial charge in [0.05, 0.1) is 12.2 Å². The highest BCUT2D eigenvalue weighted by Gasteiger charge is 2.40. The van der Waals surface area contributed by atoms with E-state index in [1.54, 1.807) is 0 Å². The fourth-order valence-electron chi connectivity index (χ4n) is 5.45. The van der Waals surface area contributed by atoms with Crippen LogP contribution in [0.4, 0.5) is 0 Å². The predicted octanol–water partition coefficient (Wildman–Crippen LogP) is 4.84. The Balaban J connectivity index is 1.58. The van der Waals surface area contributed by atoms with Crippen molar-refractivity contribution in [2.45, 2.75) is 77.7 Å². The van der Waals surface area contributed by atoms with Gasteiger partial charge in [-0.05, 0) is 81.5 Å². The third-order valence-corrected chi connectivity index (χ3v) is 7.08. The summed E-state index contributed by atoms with van der Waals surface area (Å²) in [5, 5.41) is 19.3. The van der Waals surface area contributed by atoms with E-state index in [4.69, 9.17) is 0 Å². The highest BCUT2D eigenvalue weighted by atomic mass is 16.3. The van der Waals surface area contributed by atoms with Crippen molar-refractivity contribution >= 4 is 0 Å². The van der Waals surface area contributed by atoms with Crippen molar-refractivity contribution in [3.8, 4) is 6.07 Å². The number of hydrogen-bond donors (Lipinski definition) is 1. The zero-order valence-corrected chi connectivity index (χ0v) is 14.2. The van der Waals surface area contributed by atoms with Crippen LogP contribution in [-0.2, 0) is 0 Å². The van der Waals surface area contributed by atoms with E-state index < -0.39 is 0 Å². The van der Waals surface area contributed by atoms with Gasteiger partial charge in [-0.3, -0.25) is 0 Å². The molecular formula is C20H31NO. The summed E-state index contributed by atoms with van der Waals surface area (Å²) < 4.78 is 0. The number of nitriles is 1. The molecule has 3 aliphatic rings. The maximum absolute atomic E-state index is 9.97. The molecule has 2 saturated carbocycles. The highest BCUT2D eigenvalue weighted by Crippen LogP contribution is 2.49. The maximum atomic E-state index is 9.97. The van der Waals surface area contributed by atoms with E-state index in [0.717, 1.165) is 54.9 Å². The Morgan fingerprint density at radius 1 is 1.27 bits per heavy atom. The minimum absolute atomic E-state index is 0.0456. The van der Waals surface area contributed by atoms with Crippen molar-refractivity contribution in [2.24, 2.45) is 29.1 Å². The molecule has 0 amide bonds. The van der Waals surface area contributed by atoms with Gasteiger partial charge in [-0.25, -0.2) is 0 Å². The van der Waals surface area contributed by atoms with E-state index in [1.165, 1.54) is 32.1 Å². The molecule has 1 N–H and O–H groups in total. The SMILES string of the molecule is C[C@H]1C[C@H]2CC[C@@H](O)CC2C[C@@H]1CC[C@]1(C)CCC=C1C#N. The molecule has 3 rings (SSSR count). The van der Waals surface area contributed by atoms with Crippen LogP contribution < -0.4 is 0 Å². The fourth-order valence-corrected chi connectivity index (χ4v) is 5.45. The average molecular weight is 301 g/mol. The van der Waals surface area contributed by atoms with E-state index in [0.29, 0.717) is 0 Å². The quantitative estimate of drug-likeness (QED) is 0.810. The van der Waals surface area contributed by atoms with E-state index in [2.05, 4.69) is 26.0 Å². The van der Waals surface area contributed by atoms with E-state index in [9.17, 15) is 10.4 Å². The van der Waals surface area contributed by atoms with Gasteiger partial charge in [0.15, 0.2) is 0 Å². The number of nitrogens with zero attached hydrogens (tertiary/aromatic N) is 1. The van der Waals surface area contributed by atoms with Crippen LogP contribution in [0.15, 0.2) is 11.6 Å². The molecule has 2 fully saturated rings. The third kappa shape index (κ3) is 3.11. The molecule has 0 saturated heterocycles. The highest BCUT2D eigenvalue weighted by molar-refractivity contribution is 5.32. The van der Waals surface area contributed by atoms with Gasteiger partial charge in [-0.15, -0.1) is 0 Å². The average Bonchev–Trinajstić information content (AvgIpc) is 2.87. The van der Waals surface area contributed by atoms with E-state index in [1.807, 2.05) is 0 Å². The molecule has 0 radical (unpaired) electrons. The molecule has 122 valence electrons. The van der Waals surface area contributed by atoms with Crippen molar-refractivity contribution in [3.05, 3.63) is 11.6 Å². The number of aliphatic hydroxyl groups is 1. The lowest BCUT2D eigenvalue weighted by molar-refractivity contribution is 0.0124. The summed E-state index contributed by atoms with van der Waals surface area (Å²) in [6.07, 6.45) is 12.7. The molecule has 0 aromatic heterocycles. The zero-order chi connectivity index (χ0) is 15.7. The van der Waals surface area contributed by atoms with Gasteiger partial charge in [0, 0.05) is 11.0 Å². The first kappa shape index (κ1) is 16.1. The Labute approximate surface area is 135 Å². The Morgan fingerprint density at radius 3 is 2.86 bits per heavy atom. The Bertz CT molecular complexity index is 477. The lowest BCUT2D eigenvalue weighted by Crippen LogP contribution is -2.37. The smallest absolute Gasteiger partial charge is 0.0949 e. The first-order valence-electron chi connectivity index (χ1n) is 9.30. The van der Waals surface area contributed by atoms with Crippen LogP contribution in [0.5, 0.6) is 0 Å². The molecule has 2 nitrogen and oxygen atoms in total. The monoisotopic (exact) mass is 301 g/mol. The summed E-state index contributed by atoms with van der Waals surface area (Å²) in [7, 11) is 0. The van der Waals surface area contributed by atoms with Crippen molar-refractivity contribution < 1.29 is 5.11 Å². The van der Waals surface area contributed by atoms with Crippen LogP contribution in [0, 0.1) is 40.4 Å². The molecule has 0 aromatic carbocycles. The minimum Gasteiger partial charge on any atom is -0.393 e. The fraction of sp³-hybridized carbons (Fsp3) is 0.850. The summed E-state index contributed by atoms with van der Waals surface area (Å²) in [5.74, 6) is 3.23. The van der Waals surface area contributed by atoms with Crippen molar-refractivity contribution in [1.82, 2.24) is 0 Å². The molecule has 0 aliphatic heterocycles. The molecular weight excluding hydrogens is 270 g/mol. The van der Waals surface area contributed by atoms with Crippen molar-refractivity contribution in [1.29, 1.82) is 5.26 Å². The summed E-state index contributed by atoms with van der Waals surface area (Å²) >= 11 is 0. The molecule has 0 spiro atoms.